The van der Waals surface area contributed by atoms with Gasteiger partial charge in [0.25, 0.3) is 0 Å². The highest BCUT2D eigenvalue weighted by Crippen LogP contribution is 2.52. The van der Waals surface area contributed by atoms with Gasteiger partial charge in [-0.2, -0.15) is 0 Å². The fourth-order valence-corrected chi connectivity index (χ4v) is 3.95. The van der Waals surface area contributed by atoms with E-state index in [-0.39, 0.29) is 24.7 Å². The Kier molecular flexibility index (Phi) is 6.33. The average Bonchev–Trinajstić information content (AvgIpc) is 3.05. The second kappa shape index (κ2) is 8.58. The zero-order chi connectivity index (χ0) is 21.2. The number of carbonyl (C=O) groups is 2. The number of amides is 2. The zero-order valence-electron chi connectivity index (χ0n) is 16.1. The Bertz CT molecular complexity index is 746. The van der Waals surface area contributed by atoms with Crippen LogP contribution in [0.25, 0.3) is 5.32 Å². The van der Waals surface area contributed by atoms with Gasteiger partial charge in [-0.15, -0.1) is 26.3 Å². The first-order valence-corrected chi connectivity index (χ1v) is 9.35. The van der Waals surface area contributed by atoms with Crippen molar-refractivity contribution in [3.63, 3.8) is 0 Å². The van der Waals surface area contributed by atoms with Crippen LogP contribution >= 0.6 is 0 Å². The number of piperidine rings is 1. The van der Waals surface area contributed by atoms with E-state index in [0.717, 1.165) is 13.1 Å². The number of alkyl halides is 3. The van der Waals surface area contributed by atoms with E-state index in [4.69, 9.17) is 5.73 Å². The van der Waals surface area contributed by atoms with Crippen LogP contribution in [0, 0.1) is 17.8 Å². The summed E-state index contributed by atoms with van der Waals surface area (Å²) in [6.45, 7) is 2.81. The highest BCUT2D eigenvalue weighted by Gasteiger charge is 2.53. The summed E-state index contributed by atoms with van der Waals surface area (Å²) < 4.78 is 40.8. The van der Waals surface area contributed by atoms with Gasteiger partial charge >= 0.3 is 6.36 Å². The quantitative estimate of drug-likeness (QED) is 0.666. The molecule has 2 aliphatic rings. The third kappa shape index (κ3) is 6.07. The second-order valence-electron chi connectivity index (χ2n) is 7.66. The van der Waals surface area contributed by atoms with Crippen molar-refractivity contribution in [1.82, 2.24) is 9.80 Å². The Hall–Kier alpha value is -2.33. The van der Waals surface area contributed by atoms with Crippen LogP contribution in [0.15, 0.2) is 24.3 Å². The number of hydrogen-bond donors (Lipinski definition) is 1. The molecule has 2 unspecified atom stereocenters. The molecular weight excluding hydrogens is 389 g/mol. The standard InChI is InChI=1S/C19H24F3N4O3/c1-25(10-17(23)27)18(28)11-26-8-15-14(16(15)9-26)7-24-6-12-3-2-4-13(5-12)29-19(20,21)22/h2-5,14-16H,6-11H2,1H3,(H2,23,27)/q-1. The third-order valence-electron chi connectivity index (χ3n) is 5.39. The van der Waals surface area contributed by atoms with Crippen LogP contribution in [0.1, 0.15) is 5.56 Å². The Morgan fingerprint density at radius 3 is 2.62 bits per heavy atom. The summed E-state index contributed by atoms with van der Waals surface area (Å²) in [5.74, 6) is 0.532. The second-order valence-corrected chi connectivity index (χ2v) is 7.66. The maximum absolute atomic E-state index is 12.3. The normalized spacial score (nSPS) is 23.5. The molecule has 7 nitrogen and oxygen atoms in total. The Morgan fingerprint density at radius 2 is 2.00 bits per heavy atom. The SMILES string of the molecule is CN(CC(N)=O)C(=O)CN1CC2C(C[N-]Cc3cccc(OC(F)(F)F)c3)C2C1. The van der Waals surface area contributed by atoms with E-state index in [1.807, 2.05) is 0 Å². The lowest BCUT2D eigenvalue weighted by atomic mass is 10.2. The number of benzene rings is 1. The monoisotopic (exact) mass is 413 g/mol. The smallest absolute Gasteiger partial charge is 0.573 e. The largest absolute Gasteiger partial charge is 0.658 e. The number of ether oxygens (including phenoxy) is 1. The first-order valence-electron chi connectivity index (χ1n) is 9.35. The van der Waals surface area contributed by atoms with Crippen molar-refractivity contribution >= 4 is 11.8 Å². The van der Waals surface area contributed by atoms with Crippen molar-refractivity contribution in [2.45, 2.75) is 12.9 Å². The molecule has 0 radical (unpaired) electrons. The highest BCUT2D eigenvalue weighted by molar-refractivity contribution is 5.84. The number of hydrogen-bond acceptors (Lipinski definition) is 4. The van der Waals surface area contributed by atoms with Crippen molar-refractivity contribution < 1.29 is 27.5 Å². The topological polar surface area (TPSA) is 90.0 Å². The van der Waals surface area contributed by atoms with E-state index in [9.17, 15) is 22.8 Å². The summed E-state index contributed by atoms with van der Waals surface area (Å²) in [5, 5.41) is 4.49. The van der Waals surface area contributed by atoms with Crippen LogP contribution in [-0.2, 0) is 16.1 Å². The molecule has 160 valence electrons. The van der Waals surface area contributed by atoms with E-state index in [0.29, 0.717) is 36.4 Å². The van der Waals surface area contributed by atoms with Crippen molar-refractivity contribution in [3.05, 3.63) is 35.1 Å². The molecular formula is C19H24F3N4O3-. The molecule has 1 saturated carbocycles. The van der Waals surface area contributed by atoms with Gasteiger partial charge in [0.1, 0.15) is 5.75 Å². The van der Waals surface area contributed by atoms with Gasteiger partial charge in [0, 0.05) is 20.1 Å². The van der Waals surface area contributed by atoms with Gasteiger partial charge < -0.3 is 20.7 Å². The fourth-order valence-electron chi connectivity index (χ4n) is 3.95. The first-order chi connectivity index (χ1) is 13.6. The molecule has 3 rings (SSSR count). The van der Waals surface area contributed by atoms with Crippen LogP contribution in [0.3, 0.4) is 0 Å². The molecule has 1 aliphatic heterocycles. The third-order valence-corrected chi connectivity index (χ3v) is 5.39. The number of nitrogens with two attached hydrogens (primary N) is 1. The molecule has 1 aliphatic carbocycles. The zero-order valence-corrected chi connectivity index (χ0v) is 16.1. The minimum Gasteiger partial charge on any atom is -0.658 e. The van der Waals surface area contributed by atoms with Crippen molar-refractivity contribution in [2.24, 2.45) is 23.5 Å². The molecule has 0 bridgehead atoms. The molecule has 10 heteroatoms. The Balaban J connectivity index is 1.36. The number of likely N-dealkylation sites (tertiary alicyclic amines) is 1. The van der Waals surface area contributed by atoms with Crippen LogP contribution in [-0.4, -0.2) is 67.7 Å². The molecule has 29 heavy (non-hydrogen) atoms. The first kappa shape index (κ1) is 21.4. The average molecular weight is 413 g/mol. The molecule has 2 fully saturated rings. The van der Waals surface area contributed by atoms with E-state index in [1.54, 1.807) is 13.1 Å². The lowest BCUT2D eigenvalue weighted by molar-refractivity contribution is -0.274. The molecule has 0 spiro atoms. The number of primary amides is 1. The van der Waals surface area contributed by atoms with Gasteiger partial charge in [-0.1, -0.05) is 23.6 Å². The number of likely N-dealkylation sites (N-methyl/N-ethyl adjacent to an activating group) is 1. The number of nitrogens with zero attached hydrogens (tertiary/aromatic N) is 3. The van der Waals surface area contributed by atoms with Crippen LogP contribution in [0.4, 0.5) is 13.2 Å². The van der Waals surface area contributed by atoms with Gasteiger partial charge in [-0.3, -0.25) is 14.5 Å². The van der Waals surface area contributed by atoms with E-state index in [2.05, 4.69) is 15.0 Å². The number of halogens is 3. The molecule has 2 amide bonds. The molecule has 1 aromatic carbocycles. The van der Waals surface area contributed by atoms with Gasteiger partial charge in [-0.05, 0) is 24.0 Å². The summed E-state index contributed by atoms with van der Waals surface area (Å²) in [6, 6.07) is 5.85. The van der Waals surface area contributed by atoms with E-state index in [1.165, 1.54) is 23.1 Å². The molecule has 2 atom stereocenters. The van der Waals surface area contributed by atoms with Gasteiger partial charge in [0.05, 0.1) is 13.1 Å². The van der Waals surface area contributed by atoms with E-state index >= 15 is 0 Å². The van der Waals surface area contributed by atoms with Gasteiger partial charge in [0.2, 0.25) is 11.8 Å². The summed E-state index contributed by atoms with van der Waals surface area (Å²) >= 11 is 0. The van der Waals surface area contributed by atoms with Crippen molar-refractivity contribution in [3.8, 4) is 5.75 Å². The predicted octanol–water partition coefficient (Wildman–Crippen LogP) is 1.58. The fraction of sp³-hybridized carbons (Fsp3) is 0.579. The molecule has 0 aromatic heterocycles. The molecule has 2 N–H and O–H groups in total. The molecule has 1 aromatic rings. The summed E-state index contributed by atoms with van der Waals surface area (Å²) in [6.07, 6.45) is -4.71. The Labute approximate surface area is 167 Å². The summed E-state index contributed by atoms with van der Waals surface area (Å²) in [7, 11) is 1.56. The Morgan fingerprint density at radius 1 is 1.31 bits per heavy atom. The highest BCUT2D eigenvalue weighted by atomic mass is 19.4. The molecule has 1 heterocycles. The summed E-state index contributed by atoms with van der Waals surface area (Å²) in [4.78, 5) is 26.3. The predicted molar refractivity (Wildman–Crippen MR) is 98.8 cm³/mol. The molecule has 1 saturated heterocycles. The maximum Gasteiger partial charge on any atom is 0.573 e. The lowest BCUT2D eigenvalue weighted by Crippen LogP contribution is -2.42. The van der Waals surface area contributed by atoms with Crippen LogP contribution < -0.4 is 10.5 Å². The van der Waals surface area contributed by atoms with Crippen molar-refractivity contribution in [1.29, 1.82) is 0 Å². The van der Waals surface area contributed by atoms with E-state index < -0.39 is 12.3 Å². The maximum atomic E-state index is 12.3. The van der Waals surface area contributed by atoms with Crippen LogP contribution in [0.2, 0.25) is 0 Å². The number of fused-ring (bicyclic) bond motifs is 1. The van der Waals surface area contributed by atoms with Gasteiger partial charge in [0.15, 0.2) is 0 Å². The number of rotatable bonds is 9. The number of carbonyl (C=O) groups excluding carboxylic acids is 2. The minimum atomic E-state index is -4.71. The minimum absolute atomic E-state index is 0.0871. The lowest BCUT2D eigenvalue weighted by Gasteiger charge is -2.25. The van der Waals surface area contributed by atoms with Crippen LogP contribution in [0.5, 0.6) is 5.75 Å². The summed E-state index contributed by atoms with van der Waals surface area (Å²) in [5.41, 5.74) is 5.77. The van der Waals surface area contributed by atoms with Crippen molar-refractivity contribution in [2.75, 3.05) is 39.8 Å². The van der Waals surface area contributed by atoms with Gasteiger partial charge in [-0.25, -0.2) is 0 Å².